The zero-order valence-corrected chi connectivity index (χ0v) is 11.3. The van der Waals surface area contributed by atoms with Crippen LogP contribution in [0.1, 0.15) is 25.1 Å². The van der Waals surface area contributed by atoms with Crippen LogP contribution >= 0.6 is 0 Å². The number of nitrogens with zero attached hydrogens (tertiary/aromatic N) is 2. The number of aromatic nitrogens is 2. The number of likely N-dealkylation sites (tertiary alicyclic amines) is 1. The number of amides is 2. The fraction of sp³-hybridized carbons (Fsp3) is 0.615. The third-order valence-electron chi connectivity index (χ3n) is 3.33. The van der Waals surface area contributed by atoms with Crippen molar-refractivity contribution in [2.75, 3.05) is 19.6 Å². The van der Waals surface area contributed by atoms with Gasteiger partial charge in [-0.25, -0.2) is 4.98 Å². The molecule has 2 heterocycles. The van der Waals surface area contributed by atoms with E-state index in [9.17, 15) is 14.7 Å². The third kappa shape index (κ3) is 4.06. The molecular formula is C13H20N4O3. The SMILES string of the molecule is O=C(CN1CCCCC(O)C1=O)NCCc1ncc[nH]1. The molecule has 0 aromatic carbocycles. The number of nitrogens with one attached hydrogen (secondary N) is 2. The molecule has 7 heteroatoms. The van der Waals surface area contributed by atoms with E-state index in [1.807, 2.05) is 0 Å². The summed E-state index contributed by atoms with van der Waals surface area (Å²) in [5.41, 5.74) is 0. The minimum Gasteiger partial charge on any atom is -0.383 e. The van der Waals surface area contributed by atoms with Crippen molar-refractivity contribution in [3.8, 4) is 0 Å². The van der Waals surface area contributed by atoms with Gasteiger partial charge >= 0.3 is 0 Å². The first kappa shape index (κ1) is 14.5. The number of aliphatic hydroxyl groups excluding tert-OH is 1. The second kappa shape index (κ2) is 7.04. The smallest absolute Gasteiger partial charge is 0.251 e. The van der Waals surface area contributed by atoms with E-state index in [1.165, 1.54) is 4.90 Å². The molecule has 2 amide bonds. The molecule has 7 nitrogen and oxygen atoms in total. The molecule has 1 atom stereocenters. The average Bonchev–Trinajstić information content (AvgIpc) is 2.89. The summed E-state index contributed by atoms with van der Waals surface area (Å²) >= 11 is 0. The zero-order chi connectivity index (χ0) is 14.4. The molecule has 1 aliphatic heterocycles. The number of H-pyrrole nitrogens is 1. The first-order valence-corrected chi connectivity index (χ1v) is 6.88. The van der Waals surface area contributed by atoms with E-state index in [0.29, 0.717) is 25.9 Å². The number of aromatic amines is 1. The Morgan fingerprint density at radius 2 is 2.40 bits per heavy atom. The molecule has 1 saturated heterocycles. The quantitative estimate of drug-likeness (QED) is 0.673. The van der Waals surface area contributed by atoms with Crippen LogP contribution in [0.15, 0.2) is 12.4 Å². The van der Waals surface area contributed by atoms with Gasteiger partial charge in [0.2, 0.25) is 5.91 Å². The predicted molar refractivity (Wildman–Crippen MR) is 71.7 cm³/mol. The number of carbonyl (C=O) groups is 2. The summed E-state index contributed by atoms with van der Waals surface area (Å²) in [5.74, 6) is 0.259. The van der Waals surface area contributed by atoms with Crippen molar-refractivity contribution < 1.29 is 14.7 Å². The molecule has 1 unspecified atom stereocenters. The highest BCUT2D eigenvalue weighted by Gasteiger charge is 2.26. The van der Waals surface area contributed by atoms with Gasteiger partial charge in [0, 0.05) is 31.9 Å². The zero-order valence-electron chi connectivity index (χ0n) is 11.3. The maximum absolute atomic E-state index is 11.8. The number of carbonyl (C=O) groups excluding carboxylic acids is 2. The van der Waals surface area contributed by atoms with Crippen LogP contribution in [0.4, 0.5) is 0 Å². The largest absolute Gasteiger partial charge is 0.383 e. The Morgan fingerprint density at radius 3 is 3.15 bits per heavy atom. The Bertz CT molecular complexity index is 446. The number of imidazole rings is 1. The van der Waals surface area contributed by atoms with Crippen molar-refractivity contribution >= 4 is 11.8 Å². The maximum atomic E-state index is 11.8. The van der Waals surface area contributed by atoms with Crippen LogP contribution in [0, 0.1) is 0 Å². The molecule has 0 bridgehead atoms. The third-order valence-corrected chi connectivity index (χ3v) is 3.33. The fourth-order valence-electron chi connectivity index (χ4n) is 2.23. The highest BCUT2D eigenvalue weighted by Crippen LogP contribution is 2.11. The van der Waals surface area contributed by atoms with E-state index in [-0.39, 0.29) is 18.4 Å². The summed E-state index contributed by atoms with van der Waals surface area (Å²) in [4.78, 5) is 32.1. The second-order valence-electron chi connectivity index (χ2n) is 4.91. The monoisotopic (exact) mass is 280 g/mol. The van der Waals surface area contributed by atoms with Crippen molar-refractivity contribution in [1.82, 2.24) is 20.2 Å². The van der Waals surface area contributed by atoms with Gasteiger partial charge in [0.25, 0.3) is 5.91 Å². The second-order valence-corrected chi connectivity index (χ2v) is 4.91. The summed E-state index contributed by atoms with van der Waals surface area (Å²) in [7, 11) is 0. The van der Waals surface area contributed by atoms with Crippen molar-refractivity contribution in [2.45, 2.75) is 31.8 Å². The van der Waals surface area contributed by atoms with Gasteiger partial charge in [0.15, 0.2) is 0 Å². The highest BCUT2D eigenvalue weighted by molar-refractivity contribution is 5.87. The van der Waals surface area contributed by atoms with Crippen LogP contribution in [-0.4, -0.2) is 57.5 Å². The lowest BCUT2D eigenvalue weighted by molar-refractivity contribution is -0.142. The number of rotatable bonds is 5. The Morgan fingerprint density at radius 1 is 1.55 bits per heavy atom. The minimum absolute atomic E-state index is 0.00798. The lowest BCUT2D eigenvalue weighted by Gasteiger charge is -2.21. The Balaban J connectivity index is 1.74. The molecule has 1 aromatic heterocycles. The Kier molecular flexibility index (Phi) is 5.11. The average molecular weight is 280 g/mol. The minimum atomic E-state index is -0.964. The first-order chi connectivity index (χ1) is 9.66. The fourth-order valence-corrected chi connectivity index (χ4v) is 2.23. The summed E-state index contributed by atoms with van der Waals surface area (Å²) < 4.78 is 0. The summed E-state index contributed by atoms with van der Waals surface area (Å²) in [6.07, 6.45) is 5.16. The van der Waals surface area contributed by atoms with Gasteiger partial charge in [0.1, 0.15) is 11.9 Å². The van der Waals surface area contributed by atoms with Gasteiger partial charge in [-0.2, -0.15) is 0 Å². The Labute approximate surface area is 117 Å². The van der Waals surface area contributed by atoms with E-state index in [1.54, 1.807) is 12.4 Å². The van der Waals surface area contributed by atoms with Crippen LogP contribution in [-0.2, 0) is 16.0 Å². The molecular weight excluding hydrogens is 260 g/mol. The first-order valence-electron chi connectivity index (χ1n) is 6.88. The molecule has 1 fully saturated rings. The van der Waals surface area contributed by atoms with E-state index in [2.05, 4.69) is 15.3 Å². The van der Waals surface area contributed by atoms with Gasteiger partial charge in [0.05, 0.1) is 6.54 Å². The van der Waals surface area contributed by atoms with E-state index >= 15 is 0 Å². The van der Waals surface area contributed by atoms with Crippen molar-refractivity contribution in [2.24, 2.45) is 0 Å². The molecule has 0 saturated carbocycles. The summed E-state index contributed by atoms with van der Waals surface area (Å²) in [6.45, 7) is 1.01. The van der Waals surface area contributed by atoms with Crippen molar-refractivity contribution in [1.29, 1.82) is 0 Å². The van der Waals surface area contributed by atoms with Gasteiger partial charge in [-0.05, 0) is 19.3 Å². The van der Waals surface area contributed by atoms with E-state index in [0.717, 1.165) is 18.7 Å². The van der Waals surface area contributed by atoms with E-state index in [4.69, 9.17) is 0 Å². The molecule has 1 aromatic rings. The van der Waals surface area contributed by atoms with Gasteiger partial charge in [-0.1, -0.05) is 0 Å². The highest BCUT2D eigenvalue weighted by atomic mass is 16.3. The van der Waals surface area contributed by atoms with E-state index < -0.39 is 6.10 Å². The van der Waals surface area contributed by atoms with Crippen LogP contribution in [0.3, 0.4) is 0 Å². The predicted octanol–water partition coefficient (Wildman–Crippen LogP) is -0.558. The molecule has 0 aliphatic carbocycles. The van der Waals surface area contributed by atoms with Gasteiger partial charge in [-0.15, -0.1) is 0 Å². The molecule has 3 N–H and O–H groups in total. The molecule has 0 radical (unpaired) electrons. The standard InChI is InChI=1S/C13H20N4O3/c18-10-3-1-2-8-17(13(10)20)9-12(19)16-5-4-11-14-6-7-15-11/h6-7,10,18H,1-5,8-9H2,(H,14,15)(H,16,19). The topological polar surface area (TPSA) is 98.3 Å². The molecule has 0 spiro atoms. The van der Waals surface area contributed by atoms with Crippen LogP contribution in [0.2, 0.25) is 0 Å². The van der Waals surface area contributed by atoms with Gasteiger partial charge in [-0.3, -0.25) is 9.59 Å². The number of aliphatic hydroxyl groups is 1. The summed E-state index contributed by atoms with van der Waals surface area (Å²) in [6, 6.07) is 0. The Hall–Kier alpha value is -1.89. The summed E-state index contributed by atoms with van der Waals surface area (Å²) in [5, 5.41) is 12.4. The molecule has 110 valence electrons. The maximum Gasteiger partial charge on any atom is 0.251 e. The lowest BCUT2D eigenvalue weighted by atomic mass is 10.2. The molecule has 20 heavy (non-hydrogen) atoms. The number of hydrogen-bond acceptors (Lipinski definition) is 4. The lowest BCUT2D eigenvalue weighted by Crippen LogP contribution is -2.44. The van der Waals surface area contributed by atoms with Crippen LogP contribution < -0.4 is 5.32 Å². The normalized spacial score (nSPS) is 19.8. The van der Waals surface area contributed by atoms with Gasteiger partial charge < -0.3 is 20.3 Å². The van der Waals surface area contributed by atoms with Crippen LogP contribution in [0.25, 0.3) is 0 Å². The molecule has 2 rings (SSSR count). The van der Waals surface area contributed by atoms with Crippen molar-refractivity contribution in [3.05, 3.63) is 18.2 Å². The molecule has 1 aliphatic rings. The number of hydrogen-bond donors (Lipinski definition) is 3. The van der Waals surface area contributed by atoms with Crippen molar-refractivity contribution in [3.63, 3.8) is 0 Å². The van der Waals surface area contributed by atoms with Crippen LogP contribution in [0.5, 0.6) is 0 Å².